The first kappa shape index (κ1) is 18.5. The molecular weight excluding hydrogens is 378 g/mol. The summed E-state index contributed by atoms with van der Waals surface area (Å²) in [5, 5.41) is 6.30. The lowest BCUT2D eigenvalue weighted by Crippen LogP contribution is -2.21. The topological polar surface area (TPSA) is 97.4 Å². The maximum Gasteiger partial charge on any atom is 0.255 e. The molecule has 1 fully saturated rings. The molecular formula is C17H18ClN3O4S. The first-order valence-electron chi connectivity index (χ1n) is 7.94. The number of rotatable bonds is 5. The summed E-state index contributed by atoms with van der Waals surface area (Å²) in [6.07, 6.45) is 2.02. The van der Waals surface area contributed by atoms with Crippen LogP contribution in [0, 0.1) is 0 Å². The van der Waals surface area contributed by atoms with Crippen molar-refractivity contribution in [2.75, 3.05) is 29.2 Å². The van der Waals surface area contributed by atoms with Crippen molar-refractivity contribution in [1.82, 2.24) is 4.98 Å². The Bertz CT molecular complexity index is 933. The smallest absolute Gasteiger partial charge is 0.255 e. The van der Waals surface area contributed by atoms with Crippen LogP contribution < -0.4 is 15.4 Å². The zero-order valence-corrected chi connectivity index (χ0v) is 15.6. The van der Waals surface area contributed by atoms with Crippen LogP contribution >= 0.6 is 11.6 Å². The van der Waals surface area contributed by atoms with Crippen molar-refractivity contribution < 1.29 is 17.9 Å². The van der Waals surface area contributed by atoms with E-state index in [-0.39, 0.29) is 23.5 Å². The Morgan fingerprint density at radius 1 is 1.31 bits per heavy atom. The first-order valence-corrected chi connectivity index (χ1v) is 10.1. The molecule has 1 amide bonds. The number of halogens is 1. The normalized spacial score (nSPS) is 18.3. The van der Waals surface area contributed by atoms with Crippen LogP contribution in [0.25, 0.3) is 0 Å². The van der Waals surface area contributed by atoms with E-state index in [1.165, 1.54) is 13.3 Å². The number of aromatic nitrogens is 1. The zero-order valence-electron chi connectivity index (χ0n) is 14.0. The Hall–Kier alpha value is -2.32. The Balaban J connectivity index is 1.73. The third-order valence-electron chi connectivity index (χ3n) is 4.02. The van der Waals surface area contributed by atoms with Crippen molar-refractivity contribution in [3.63, 3.8) is 0 Å². The predicted octanol–water partition coefficient (Wildman–Crippen LogP) is 2.59. The molecule has 0 bridgehead atoms. The largest absolute Gasteiger partial charge is 0.495 e. The lowest BCUT2D eigenvalue weighted by Gasteiger charge is -2.13. The molecule has 2 N–H and O–H groups in total. The highest BCUT2D eigenvalue weighted by molar-refractivity contribution is 7.91. The van der Waals surface area contributed by atoms with E-state index in [1.807, 2.05) is 0 Å². The number of anilines is 2. The Kier molecular flexibility index (Phi) is 5.33. The SMILES string of the molecule is COc1ccc(Cl)cc1NC(=O)c1ccnc(NC2CCS(=O)(=O)C2)c1. The Morgan fingerprint density at radius 2 is 2.12 bits per heavy atom. The molecule has 26 heavy (non-hydrogen) atoms. The number of sulfone groups is 1. The molecule has 7 nitrogen and oxygen atoms in total. The molecule has 1 saturated heterocycles. The molecule has 1 unspecified atom stereocenters. The van der Waals surface area contributed by atoms with Crippen LogP contribution in [0.15, 0.2) is 36.5 Å². The standard InChI is InChI=1S/C17H18ClN3O4S/c1-25-15-3-2-12(18)9-14(15)21-17(22)11-4-6-19-16(8-11)20-13-5-7-26(23,24)10-13/h2-4,6,8-9,13H,5,7,10H2,1H3,(H,19,20)(H,21,22). The van der Waals surface area contributed by atoms with Gasteiger partial charge in [-0.2, -0.15) is 0 Å². The monoisotopic (exact) mass is 395 g/mol. The van der Waals surface area contributed by atoms with Gasteiger partial charge in [-0.1, -0.05) is 11.6 Å². The van der Waals surface area contributed by atoms with Gasteiger partial charge in [-0.3, -0.25) is 4.79 Å². The average Bonchev–Trinajstić information content (AvgIpc) is 2.94. The predicted molar refractivity (Wildman–Crippen MR) is 101 cm³/mol. The van der Waals surface area contributed by atoms with Gasteiger partial charge < -0.3 is 15.4 Å². The van der Waals surface area contributed by atoms with E-state index < -0.39 is 9.84 Å². The van der Waals surface area contributed by atoms with Crippen molar-refractivity contribution in [2.45, 2.75) is 12.5 Å². The second-order valence-electron chi connectivity index (χ2n) is 5.97. The number of carbonyl (C=O) groups excluding carboxylic acids is 1. The number of carbonyl (C=O) groups is 1. The van der Waals surface area contributed by atoms with Gasteiger partial charge in [-0.25, -0.2) is 13.4 Å². The molecule has 2 heterocycles. The highest BCUT2D eigenvalue weighted by Crippen LogP contribution is 2.28. The number of pyridine rings is 1. The van der Waals surface area contributed by atoms with Crippen LogP contribution in [0.3, 0.4) is 0 Å². The fraction of sp³-hybridized carbons (Fsp3) is 0.294. The summed E-state index contributed by atoms with van der Waals surface area (Å²) in [6, 6.07) is 7.89. The van der Waals surface area contributed by atoms with Gasteiger partial charge in [-0.15, -0.1) is 0 Å². The molecule has 9 heteroatoms. The van der Waals surface area contributed by atoms with Crippen LogP contribution in [0.4, 0.5) is 11.5 Å². The average molecular weight is 396 g/mol. The minimum absolute atomic E-state index is 0.0742. The number of hydrogen-bond donors (Lipinski definition) is 2. The number of ether oxygens (including phenoxy) is 1. The van der Waals surface area contributed by atoms with Gasteiger partial charge in [0.2, 0.25) is 0 Å². The molecule has 0 aliphatic carbocycles. The number of methoxy groups -OCH3 is 1. The minimum atomic E-state index is -2.99. The van der Waals surface area contributed by atoms with Gasteiger partial charge in [0.05, 0.1) is 24.3 Å². The van der Waals surface area contributed by atoms with Crippen molar-refractivity contribution in [3.05, 3.63) is 47.1 Å². The van der Waals surface area contributed by atoms with Gasteiger partial charge in [-0.05, 0) is 36.8 Å². The molecule has 1 aliphatic heterocycles. The van der Waals surface area contributed by atoms with Crippen LogP contribution in [0.2, 0.25) is 5.02 Å². The first-order chi connectivity index (χ1) is 12.4. The van der Waals surface area contributed by atoms with Crippen LogP contribution in [-0.2, 0) is 9.84 Å². The van der Waals surface area contributed by atoms with Crippen molar-refractivity contribution in [3.8, 4) is 5.75 Å². The summed E-state index contributed by atoms with van der Waals surface area (Å²) in [7, 11) is -1.49. The van der Waals surface area contributed by atoms with Crippen molar-refractivity contribution >= 4 is 38.9 Å². The molecule has 2 aromatic rings. The molecule has 1 atom stereocenters. The van der Waals surface area contributed by atoms with Gasteiger partial charge in [0.15, 0.2) is 9.84 Å². The van der Waals surface area contributed by atoms with E-state index in [2.05, 4.69) is 15.6 Å². The highest BCUT2D eigenvalue weighted by atomic mass is 35.5. The number of nitrogens with zero attached hydrogens (tertiary/aromatic N) is 1. The summed E-state index contributed by atoms with van der Waals surface area (Å²) in [4.78, 5) is 16.7. The second kappa shape index (κ2) is 7.51. The van der Waals surface area contributed by atoms with Crippen LogP contribution in [-0.4, -0.2) is 44.0 Å². The summed E-state index contributed by atoms with van der Waals surface area (Å²) in [5.41, 5.74) is 0.837. The fourth-order valence-corrected chi connectivity index (χ4v) is 4.59. The lowest BCUT2D eigenvalue weighted by atomic mass is 10.2. The molecule has 0 saturated carbocycles. The molecule has 1 aromatic carbocycles. The van der Waals surface area contributed by atoms with Crippen molar-refractivity contribution in [2.24, 2.45) is 0 Å². The third kappa shape index (κ3) is 4.44. The van der Waals surface area contributed by atoms with Gasteiger partial charge in [0, 0.05) is 22.8 Å². The molecule has 0 spiro atoms. The molecule has 1 aromatic heterocycles. The quantitative estimate of drug-likeness (QED) is 0.807. The van der Waals surface area contributed by atoms with Crippen LogP contribution in [0.1, 0.15) is 16.8 Å². The molecule has 0 radical (unpaired) electrons. The summed E-state index contributed by atoms with van der Waals surface area (Å²) in [6.45, 7) is 0. The zero-order chi connectivity index (χ0) is 18.7. The minimum Gasteiger partial charge on any atom is -0.495 e. The van der Waals surface area contributed by atoms with Gasteiger partial charge in [0.25, 0.3) is 5.91 Å². The number of benzene rings is 1. The van der Waals surface area contributed by atoms with Gasteiger partial charge >= 0.3 is 0 Å². The number of nitrogens with one attached hydrogen (secondary N) is 2. The number of amides is 1. The van der Waals surface area contributed by atoms with Crippen molar-refractivity contribution in [1.29, 1.82) is 0 Å². The van der Waals surface area contributed by atoms with E-state index in [0.29, 0.717) is 34.3 Å². The molecule has 1 aliphatic rings. The summed E-state index contributed by atoms with van der Waals surface area (Å²) in [5.74, 6) is 0.837. The maximum atomic E-state index is 12.5. The van der Waals surface area contributed by atoms with E-state index in [4.69, 9.17) is 16.3 Å². The highest BCUT2D eigenvalue weighted by Gasteiger charge is 2.28. The van der Waals surface area contributed by atoms with E-state index >= 15 is 0 Å². The Labute approximate surface area is 156 Å². The molecule has 3 rings (SSSR count). The second-order valence-corrected chi connectivity index (χ2v) is 8.64. The summed E-state index contributed by atoms with van der Waals surface area (Å²) >= 11 is 5.97. The Morgan fingerprint density at radius 3 is 2.81 bits per heavy atom. The lowest BCUT2D eigenvalue weighted by molar-refractivity contribution is 0.102. The third-order valence-corrected chi connectivity index (χ3v) is 6.02. The summed E-state index contributed by atoms with van der Waals surface area (Å²) < 4.78 is 28.3. The van der Waals surface area contributed by atoms with E-state index in [0.717, 1.165) is 0 Å². The van der Waals surface area contributed by atoms with E-state index in [1.54, 1.807) is 30.3 Å². The van der Waals surface area contributed by atoms with E-state index in [9.17, 15) is 13.2 Å². The molecule has 138 valence electrons. The fourth-order valence-electron chi connectivity index (χ4n) is 2.74. The maximum absolute atomic E-state index is 12.5. The number of hydrogen-bond acceptors (Lipinski definition) is 6. The van der Waals surface area contributed by atoms with Crippen LogP contribution in [0.5, 0.6) is 5.75 Å². The van der Waals surface area contributed by atoms with Gasteiger partial charge in [0.1, 0.15) is 11.6 Å².